The van der Waals surface area contributed by atoms with Gasteiger partial charge in [-0.3, -0.25) is 19.2 Å². The number of anilines is 1. The first-order valence-electron chi connectivity index (χ1n) is 16.7. The van der Waals surface area contributed by atoms with Crippen LogP contribution in [0.2, 0.25) is 0 Å². The van der Waals surface area contributed by atoms with Crippen molar-refractivity contribution in [1.82, 2.24) is 16.0 Å². The molecule has 5 amide bonds. The van der Waals surface area contributed by atoms with Gasteiger partial charge in [0, 0.05) is 18.7 Å². The van der Waals surface area contributed by atoms with Crippen LogP contribution in [0.4, 0.5) is 10.5 Å². The minimum absolute atomic E-state index is 0.0819. The Kier molecular flexibility index (Phi) is 18.2. The monoisotopic (exact) mass is 695 g/mol. The van der Waals surface area contributed by atoms with Crippen molar-refractivity contribution >= 4 is 45.2 Å². The fraction of sp³-hybridized carbons (Fsp3) is 0.676. The van der Waals surface area contributed by atoms with Crippen LogP contribution in [0.3, 0.4) is 0 Å². The summed E-state index contributed by atoms with van der Waals surface area (Å²) in [6.07, 6.45) is 2.79. The van der Waals surface area contributed by atoms with Gasteiger partial charge in [0.1, 0.15) is 28.5 Å². The summed E-state index contributed by atoms with van der Waals surface area (Å²) in [4.78, 5) is 62.6. The van der Waals surface area contributed by atoms with Gasteiger partial charge in [-0.2, -0.15) is 0 Å². The molecule has 0 bridgehead atoms. The van der Waals surface area contributed by atoms with E-state index >= 15 is 0 Å². The molecule has 0 radical (unpaired) electrons. The molecule has 13 nitrogen and oxygen atoms in total. The topological polar surface area (TPSA) is 203 Å². The molecule has 0 fully saturated rings. The Bertz CT molecular complexity index is 1310. The number of urea groups is 1. The number of ether oxygens (including phenoxy) is 1. The molecule has 0 aromatic heterocycles. The summed E-state index contributed by atoms with van der Waals surface area (Å²) >= 11 is 0. The number of amides is 5. The average molecular weight is 696 g/mol. The summed E-state index contributed by atoms with van der Waals surface area (Å²) < 4.78 is 29.7. The molecule has 2 atom stereocenters. The number of esters is 1. The molecule has 14 heteroatoms. The van der Waals surface area contributed by atoms with Crippen molar-refractivity contribution in [3.8, 4) is 0 Å². The van der Waals surface area contributed by atoms with Gasteiger partial charge in [0.05, 0.1) is 16.9 Å². The zero-order valence-corrected chi connectivity index (χ0v) is 30.5. The first-order chi connectivity index (χ1) is 22.3. The van der Waals surface area contributed by atoms with Crippen LogP contribution in [-0.2, 0) is 40.4 Å². The Balaban J connectivity index is 2.80. The van der Waals surface area contributed by atoms with Crippen LogP contribution in [0.25, 0.3) is 0 Å². The molecule has 6 N–H and O–H groups in total. The third kappa shape index (κ3) is 18.0. The molecule has 0 saturated carbocycles. The van der Waals surface area contributed by atoms with E-state index in [0.29, 0.717) is 43.7 Å². The van der Waals surface area contributed by atoms with Crippen LogP contribution in [0.1, 0.15) is 99.0 Å². The number of hydrogen-bond acceptors (Lipinski definition) is 8. The van der Waals surface area contributed by atoms with E-state index in [9.17, 15) is 32.4 Å². The highest BCUT2D eigenvalue weighted by Crippen LogP contribution is 2.18. The van der Waals surface area contributed by atoms with Gasteiger partial charge in [0.2, 0.25) is 17.7 Å². The van der Waals surface area contributed by atoms with E-state index in [4.69, 9.17) is 10.5 Å². The van der Waals surface area contributed by atoms with Crippen LogP contribution in [-0.4, -0.2) is 68.3 Å². The standard InChI is InChI=1S/C34H57N5O8S/c1-23(2)18-21-48(45,46)20-10-8-9-13-28(40)39-29(24(3)4)31(42)38-27(12-11-19-36-33(35)44)30(41)37-26-16-14-25(15-17-26)22-47-32(43)34(5,6)7/h14-17,23-24,27,29H,8-13,18-22H2,1-7H3,(H,37,41)(H,38,42)(H,39,40)(H3,35,36,44)/t27-,29-/m0/s1. The fourth-order valence-electron chi connectivity index (χ4n) is 4.41. The van der Waals surface area contributed by atoms with E-state index in [-0.39, 0.29) is 55.3 Å². The third-order valence-electron chi connectivity index (χ3n) is 7.44. The predicted molar refractivity (Wildman–Crippen MR) is 186 cm³/mol. The van der Waals surface area contributed by atoms with Crippen molar-refractivity contribution in [2.75, 3.05) is 23.4 Å². The van der Waals surface area contributed by atoms with Crippen LogP contribution in [0, 0.1) is 17.3 Å². The third-order valence-corrected chi connectivity index (χ3v) is 9.20. The first kappa shape index (κ1) is 42.3. The average Bonchev–Trinajstić information content (AvgIpc) is 2.98. The number of nitrogens with two attached hydrogens (primary N) is 1. The Morgan fingerprint density at radius 3 is 2.04 bits per heavy atom. The Morgan fingerprint density at radius 1 is 0.833 bits per heavy atom. The van der Waals surface area contributed by atoms with Crippen LogP contribution in [0.15, 0.2) is 24.3 Å². The maximum Gasteiger partial charge on any atom is 0.312 e. The number of unbranched alkanes of at least 4 members (excludes halogenated alkanes) is 2. The predicted octanol–water partition coefficient (Wildman–Crippen LogP) is 3.81. The van der Waals surface area contributed by atoms with Crippen LogP contribution in [0.5, 0.6) is 0 Å². The summed E-state index contributed by atoms with van der Waals surface area (Å²) in [5.41, 5.74) is 5.71. The lowest BCUT2D eigenvalue weighted by Crippen LogP contribution is -2.54. The van der Waals surface area contributed by atoms with Crippen molar-refractivity contribution in [1.29, 1.82) is 0 Å². The second kappa shape index (κ2) is 20.6. The molecule has 0 aliphatic rings. The number of primary amides is 1. The summed E-state index contributed by atoms with van der Waals surface area (Å²) in [5.74, 6) is -1.42. The van der Waals surface area contributed by atoms with Gasteiger partial charge in [0.15, 0.2) is 0 Å². The lowest BCUT2D eigenvalue weighted by atomic mass is 9.97. The molecular weight excluding hydrogens is 638 g/mol. The molecule has 0 aliphatic carbocycles. The molecular formula is C34H57N5O8S. The molecule has 1 rings (SSSR count). The highest BCUT2D eigenvalue weighted by atomic mass is 32.2. The molecule has 272 valence electrons. The van der Waals surface area contributed by atoms with Crippen molar-refractivity contribution in [3.63, 3.8) is 0 Å². The Morgan fingerprint density at radius 2 is 1.48 bits per heavy atom. The van der Waals surface area contributed by atoms with E-state index in [1.165, 1.54) is 0 Å². The fourth-order valence-corrected chi connectivity index (χ4v) is 6.09. The van der Waals surface area contributed by atoms with E-state index in [1.54, 1.807) is 58.9 Å². The van der Waals surface area contributed by atoms with Crippen LogP contribution >= 0.6 is 0 Å². The zero-order chi connectivity index (χ0) is 36.5. The quantitative estimate of drug-likeness (QED) is 0.0943. The lowest BCUT2D eigenvalue weighted by molar-refractivity contribution is -0.154. The van der Waals surface area contributed by atoms with Crippen molar-refractivity contribution in [2.24, 2.45) is 23.0 Å². The molecule has 0 unspecified atom stereocenters. The van der Waals surface area contributed by atoms with Gasteiger partial charge < -0.3 is 31.7 Å². The number of sulfone groups is 1. The van der Waals surface area contributed by atoms with Gasteiger partial charge in [-0.15, -0.1) is 0 Å². The number of rotatable bonds is 21. The van der Waals surface area contributed by atoms with Gasteiger partial charge in [-0.1, -0.05) is 46.2 Å². The van der Waals surface area contributed by atoms with Crippen molar-refractivity contribution in [2.45, 2.75) is 112 Å². The molecule has 48 heavy (non-hydrogen) atoms. The minimum atomic E-state index is -3.11. The van der Waals surface area contributed by atoms with Gasteiger partial charge >= 0.3 is 12.0 Å². The maximum absolute atomic E-state index is 13.4. The number of carbonyl (C=O) groups is 5. The van der Waals surface area contributed by atoms with Gasteiger partial charge in [-0.05, 0) is 82.4 Å². The molecule has 0 aliphatic heterocycles. The summed E-state index contributed by atoms with van der Waals surface area (Å²) in [5, 5.41) is 10.7. The van der Waals surface area contributed by atoms with E-state index in [2.05, 4.69) is 21.3 Å². The van der Waals surface area contributed by atoms with Gasteiger partial charge in [0.25, 0.3) is 0 Å². The molecule has 1 aromatic rings. The largest absolute Gasteiger partial charge is 0.460 e. The van der Waals surface area contributed by atoms with Crippen LogP contribution < -0.4 is 27.0 Å². The Hall–Kier alpha value is -3.68. The SMILES string of the molecule is CC(C)CCS(=O)(=O)CCCCCC(=O)N[C@H](C(=O)N[C@@H](CCCNC(N)=O)C(=O)Nc1ccc(COC(=O)C(C)(C)C)cc1)C(C)C. The lowest BCUT2D eigenvalue weighted by Gasteiger charge is -2.25. The molecule has 0 heterocycles. The second-order valence-electron chi connectivity index (χ2n) is 13.9. The second-order valence-corrected chi connectivity index (χ2v) is 16.2. The van der Waals surface area contributed by atoms with Gasteiger partial charge in [-0.25, -0.2) is 13.2 Å². The number of benzene rings is 1. The molecule has 0 spiro atoms. The first-order valence-corrected chi connectivity index (χ1v) is 18.5. The highest BCUT2D eigenvalue weighted by Gasteiger charge is 2.29. The highest BCUT2D eigenvalue weighted by molar-refractivity contribution is 7.91. The Labute approximate surface area is 286 Å². The minimum Gasteiger partial charge on any atom is -0.460 e. The van der Waals surface area contributed by atoms with Crippen molar-refractivity contribution < 1.29 is 37.1 Å². The zero-order valence-electron chi connectivity index (χ0n) is 29.6. The normalized spacial score (nSPS) is 13.0. The number of nitrogens with one attached hydrogen (secondary N) is 4. The van der Waals surface area contributed by atoms with E-state index in [0.717, 1.165) is 5.56 Å². The molecule has 0 saturated heterocycles. The number of carbonyl (C=O) groups excluding carboxylic acids is 5. The summed E-state index contributed by atoms with van der Waals surface area (Å²) in [6.45, 7) is 13.1. The smallest absolute Gasteiger partial charge is 0.312 e. The van der Waals surface area contributed by atoms with E-state index < -0.39 is 45.2 Å². The van der Waals surface area contributed by atoms with Crippen molar-refractivity contribution in [3.05, 3.63) is 29.8 Å². The maximum atomic E-state index is 13.4. The molecule has 1 aromatic carbocycles. The summed E-state index contributed by atoms with van der Waals surface area (Å²) in [7, 11) is -3.11. The number of hydrogen-bond donors (Lipinski definition) is 5. The summed E-state index contributed by atoms with van der Waals surface area (Å²) in [6, 6.07) is 4.13. The van der Waals surface area contributed by atoms with E-state index in [1.807, 2.05) is 13.8 Å².